The molecule has 1 atom stereocenters. The highest BCUT2D eigenvalue weighted by molar-refractivity contribution is 8.14. The molecule has 1 rings (SSSR count). The second kappa shape index (κ2) is 4.33. The van der Waals surface area contributed by atoms with Crippen molar-refractivity contribution in [1.82, 2.24) is 5.32 Å². The van der Waals surface area contributed by atoms with Crippen LogP contribution in [0.1, 0.15) is 20.8 Å². The highest BCUT2D eigenvalue weighted by Gasteiger charge is 2.30. The maximum absolute atomic E-state index is 11.4. The molecule has 1 aliphatic rings. The molecule has 0 aromatic carbocycles. The molecule has 1 saturated heterocycles. The van der Waals surface area contributed by atoms with Crippen LogP contribution in [0.5, 0.6) is 0 Å². The Morgan fingerprint density at radius 2 is 2.20 bits per heavy atom. The van der Waals surface area contributed by atoms with Gasteiger partial charge in [-0.2, -0.15) is 0 Å². The molecular formula is C9H18N2O2S2. The fourth-order valence-electron chi connectivity index (χ4n) is 0.969. The highest BCUT2D eigenvalue weighted by Crippen LogP contribution is 2.18. The lowest BCUT2D eigenvalue weighted by atomic mass is 10.2. The monoisotopic (exact) mass is 250 g/mol. The Morgan fingerprint density at radius 3 is 2.60 bits per heavy atom. The SMILES string of the molecule is CC1CSC(=NCC(C)(C)S(C)(=O)=O)N1. The van der Waals surface area contributed by atoms with Crippen LogP contribution in [-0.2, 0) is 9.84 Å². The van der Waals surface area contributed by atoms with Gasteiger partial charge < -0.3 is 5.32 Å². The predicted molar refractivity (Wildman–Crippen MR) is 66.3 cm³/mol. The van der Waals surface area contributed by atoms with E-state index in [4.69, 9.17) is 0 Å². The van der Waals surface area contributed by atoms with E-state index >= 15 is 0 Å². The number of nitrogens with one attached hydrogen (secondary N) is 1. The minimum atomic E-state index is -3.05. The van der Waals surface area contributed by atoms with Crippen molar-refractivity contribution in [2.75, 3.05) is 18.6 Å². The number of thioether (sulfide) groups is 1. The highest BCUT2D eigenvalue weighted by atomic mass is 32.2. The van der Waals surface area contributed by atoms with E-state index in [-0.39, 0.29) is 0 Å². The molecular weight excluding hydrogens is 232 g/mol. The third-order valence-electron chi connectivity index (χ3n) is 2.45. The zero-order valence-electron chi connectivity index (χ0n) is 9.57. The van der Waals surface area contributed by atoms with E-state index in [9.17, 15) is 8.42 Å². The molecule has 0 amide bonds. The molecule has 0 bridgehead atoms. The Kier molecular flexibility index (Phi) is 3.71. The summed E-state index contributed by atoms with van der Waals surface area (Å²) in [7, 11) is -3.05. The molecule has 15 heavy (non-hydrogen) atoms. The van der Waals surface area contributed by atoms with E-state index in [1.165, 1.54) is 6.26 Å². The van der Waals surface area contributed by atoms with Crippen LogP contribution in [0.3, 0.4) is 0 Å². The fourth-order valence-corrected chi connectivity index (χ4v) is 2.20. The van der Waals surface area contributed by atoms with Crippen LogP contribution in [0.25, 0.3) is 0 Å². The molecule has 0 saturated carbocycles. The molecule has 1 N–H and O–H groups in total. The van der Waals surface area contributed by atoms with Crippen LogP contribution >= 0.6 is 11.8 Å². The summed E-state index contributed by atoms with van der Waals surface area (Å²) in [5.74, 6) is 0.998. The van der Waals surface area contributed by atoms with Gasteiger partial charge in [-0.05, 0) is 20.8 Å². The molecule has 1 fully saturated rings. The van der Waals surface area contributed by atoms with E-state index in [1.807, 2.05) is 0 Å². The van der Waals surface area contributed by atoms with Crippen LogP contribution in [0.4, 0.5) is 0 Å². The van der Waals surface area contributed by atoms with Crippen molar-refractivity contribution >= 4 is 26.8 Å². The normalized spacial score (nSPS) is 25.6. The summed E-state index contributed by atoms with van der Waals surface area (Å²) >= 11 is 1.65. The number of sulfone groups is 1. The molecule has 1 unspecified atom stereocenters. The maximum Gasteiger partial charge on any atom is 0.156 e. The molecule has 6 heteroatoms. The molecule has 4 nitrogen and oxygen atoms in total. The van der Waals surface area contributed by atoms with Crippen LogP contribution in [0, 0.1) is 0 Å². The molecule has 0 aromatic rings. The average Bonchev–Trinajstić information content (AvgIpc) is 2.46. The minimum Gasteiger partial charge on any atom is -0.362 e. The summed E-state index contributed by atoms with van der Waals surface area (Å²) in [6, 6.07) is 0.426. The van der Waals surface area contributed by atoms with Crippen molar-refractivity contribution in [1.29, 1.82) is 0 Å². The van der Waals surface area contributed by atoms with Crippen molar-refractivity contribution in [3.05, 3.63) is 0 Å². The quantitative estimate of drug-likeness (QED) is 0.808. The number of hydrogen-bond acceptors (Lipinski definition) is 4. The smallest absolute Gasteiger partial charge is 0.156 e. The van der Waals surface area contributed by atoms with Crippen LogP contribution < -0.4 is 5.32 Å². The first-order valence-corrected chi connectivity index (χ1v) is 7.73. The Morgan fingerprint density at radius 1 is 1.60 bits per heavy atom. The molecule has 88 valence electrons. The van der Waals surface area contributed by atoms with Gasteiger partial charge in [0.25, 0.3) is 0 Å². The van der Waals surface area contributed by atoms with Crippen LogP contribution in [0.15, 0.2) is 4.99 Å². The maximum atomic E-state index is 11.4. The number of nitrogens with zero attached hydrogens (tertiary/aromatic N) is 1. The van der Waals surface area contributed by atoms with Gasteiger partial charge in [0, 0.05) is 18.1 Å². The second-order valence-corrected chi connectivity index (χ2v) is 8.17. The van der Waals surface area contributed by atoms with Crippen molar-refractivity contribution in [2.45, 2.75) is 31.6 Å². The Bertz CT molecular complexity index is 360. The predicted octanol–water partition coefficient (Wildman–Crippen LogP) is 0.891. The minimum absolute atomic E-state index is 0.313. The first-order valence-electron chi connectivity index (χ1n) is 4.86. The van der Waals surface area contributed by atoms with Gasteiger partial charge in [0.2, 0.25) is 0 Å². The van der Waals surface area contributed by atoms with Crippen LogP contribution in [0.2, 0.25) is 0 Å². The van der Waals surface area contributed by atoms with Crippen molar-refractivity contribution < 1.29 is 8.42 Å². The number of aliphatic imine (C=N–C) groups is 1. The average molecular weight is 250 g/mol. The van der Waals surface area contributed by atoms with Gasteiger partial charge in [-0.15, -0.1) is 0 Å². The molecule has 1 aliphatic heterocycles. The summed E-state index contributed by atoms with van der Waals surface area (Å²) in [6.07, 6.45) is 1.25. The molecule has 0 spiro atoms. The number of hydrogen-bond donors (Lipinski definition) is 1. The molecule has 0 aliphatic carbocycles. The standard InChI is InChI=1S/C9H18N2O2S2/c1-7-5-14-8(11-7)10-6-9(2,3)15(4,12)13/h7H,5-6H2,1-4H3,(H,10,11). The summed E-state index contributed by atoms with van der Waals surface area (Å²) in [5, 5.41) is 4.06. The Balaban J connectivity index is 2.64. The number of rotatable bonds is 3. The third kappa shape index (κ3) is 3.38. The topological polar surface area (TPSA) is 58.5 Å². The summed E-state index contributed by atoms with van der Waals surface area (Å²) < 4.78 is 22.1. The Labute approximate surface area is 95.8 Å². The lowest BCUT2D eigenvalue weighted by Crippen LogP contribution is -2.35. The summed E-state index contributed by atoms with van der Waals surface area (Å²) in [4.78, 5) is 4.30. The van der Waals surface area contributed by atoms with Crippen molar-refractivity contribution in [3.63, 3.8) is 0 Å². The van der Waals surface area contributed by atoms with Gasteiger partial charge in [-0.1, -0.05) is 11.8 Å². The zero-order valence-corrected chi connectivity index (χ0v) is 11.2. The van der Waals surface area contributed by atoms with Gasteiger partial charge >= 0.3 is 0 Å². The van der Waals surface area contributed by atoms with E-state index in [2.05, 4.69) is 17.2 Å². The van der Waals surface area contributed by atoms with Crippen LogP contribution in [-0.4, -0.2) is 42.9 Å². The first-order chi connectivity index (χ1) is 6.72. The van der Waals surface area contributed by atoms with Gasteiger partial charge in [-0.25, -0.2) is 8.42 Å². The molecule has 1 heterocycles. The second-order valence-electron chi connectivity index (χ2n) is 4.51. The van der Waals surface area contributed by atoms with E-state index in [0.717, 1.165) is 10.9 Å². The summed E-state index contributed by atoms with van der Waals surface area (Å²) in [5.41, 5.74) is 0. The van der Waals surface area contributed by atoms with E-state index in [1.54, 1.807) is 25.6 Å². The van der Waals surface area contributed by atoms with Crippen molar-refractivity contribution in [2.24, 2.45) is 4.99 Å². The molecule has 0 radical (unpaired) electrons. The zero-order chi connectivity index (χ0) is 11.7. The van der Waals surface area contributed by atoms with E-state index in [0.29, 0.717) is 12.6 Å². The van der Waals surface area contributed by atoms with Gasteiger partial charge in [0.05, 0.1) is 11.3 Å². The lowest BCUT2D eigenvalue weighted by molar-refractivity contribution is 0.555. The summed E-state index contributed by atoms with van der Waals surface area (Å²) in [6.45, 7) is 5.80. The fraction of sp³-hybridized carbons (Fsp3) is 0.889. The Hall–Kier alpha value is -0.230. The largest absolute Gasteiger partial charge is 0.362 e. The molecule has 0 aromatic heterocycles. The number of amidine groups is 1. The third-order valence-corrected chi connectivity index (χ3v) is 5.77. The lowest BCUT2D eigenvalue weighted by Gasteiger charge is -2.19. The first kappa shape index (κ1) is 12.8. The van der Waals surface area contributed by atoms with Gasteiger partial charge in [0.15, 0.2) is 15.0 Å². The van der Waals surface area contributed by atoms with Gasteiger partial charge in [0.1, 0.15) is 0 Å². The van der Waals surface area contributed by atoms with Crippen molar-refractivity contribution in [3.8, 4) is 0 Å². The van der Waals surface area contributed by atoms with E-state index < -0.39 is 14.6 Å². The van der Waals surface area contributed by atoms with Gasteiger partial charge in [-0.3, -0.25) is 4.99 Å².